The number of benzene rings is 3. The number of hydrogen-bond donors (Lipinski definition) is 2. The van der Waals surface area contributed by atoms with E-state index in [2.05, 4.69) is 34.9 Å². The van der Waals surface area contributed by atoms with Gasteiger partial charge in [0, 0.05) is 11.3 Å². The van der Waals surface area contributed by atoms with Crippen LogP contribution in [0.4, 0.5) is 24.5 Å². The fraction of sp³-hybridized carbons (Fsp3) is 0.321. The molecule has 1 amide bonds. The molecule has 3 aliphatic rings. The van der Waals surface area contributed by atoms with Crippen molar-refractivity contribution in [2.24, 2.45) is 17.8 Å². The fourth-order valence-corrected chi connectivity index (χ4v) is 6.65. The first-order valence-electron chi connectivity index (χ1n) is 11.8. The van der Waals surface area contributed by atoms with E-state index in [4.69, 9.17) is 0 Å². The Kier molecular flexibility index (Phi) is 4.94. The summed E-state index contributed by atoms with van der Waals surface area (Å²) in [5.74, 6) is 1.53. The van der Waals surface area contributed by atoms with Crippen LogP contribution in [0.15, 0.2) is 72.8 Å². The first-order valence-corrected chi connectivity index (χ1v) is 11.8. The molecule has 0 aromatic heterocycles. The molecule has 5 atom stereocenters. The summed E-state index contributed by atoms with van der Waals surface area (Å²) >= 11 is 0. The number of carbonyl (C=O) groups excluding carboxylic acids is 1. The van der Waals surface area contributed by atoms with E-state index in [1.165, 1.54) is 43.0 Å². The van der Waals surface area contributed by atoms with Gasteiger partial charge in [0.05, 0.1) is 17.3 Å². The molecule has 3 aromatic carbocycles. The molecule has 1 heterocycles. The van der Waals surface area contributed by atoms with Gasteiger partial charge in [-0.1, -0.05) is 42.5 Å². The van der Waals surface area contributed by atoms with E-state index < -0.39 is 17.6 Å². The lowest BCUT2D eigenvalue weighted by molar-refractivity contribution is -0.136. The maximum absolute atomic E-state index is 13.4. The lowest BCUT2D eigenvalue weighted by Gasteiger charge is -2.43. The Morgan fingerprint density at radius 1 is 0.912 bits per heavy atom. The standard InChI is InChI=1S/C28H25F3N2O/c29-28(30,31)21-8-4-5-9-23(21)33-27(34)19-12-13-22-20(15-19)24-17-10-11-18(14-17)25(24)26(32-22)16-6-2-1-3-7-16/h1-9,12-13,15,17-18,24-26,32H,10-11,14H2,(H,33,34)/t17-,18-,24-,25+,26-/m0/s1. The number of alkyl halides is 3. The minimum Gasteiger partial charge on any atom is -0.378 e. The minimum atomic E-state index is -4.54. The van der Waals surface area contributed by atoms with Crippen molar-refractivity contribution in [3.05, 3.63) is 95.1 Å². The van der Waals surface area contributed by atoms with Gasteiger partial charge in [0.2, 0.25) is 0 Å². The highest BCUT2D eigenvalue weighted by atomic mass is 19.4. The second-order valence-electron chi connectivity index (χ2n) is 9.77. The van der Waals surface area contributed by atoms with E-state index in [-0.39, 0.29) is 11.7 Å². The van der Waals surface area contributed by atoms with E-state index >= 15 is 0 Å². The summed E-state index contributed by atoms with van der Waals surface area (Å²) < 4.78 is 40.1. The largest absolute Gasteiger partial charge is 0.418 e. The number of anilines is 2. The van der Waals surface area contributed by atoms with Crippen molar-refractivity contribution in [1.82, 2.24) is 0 Å². The number of carbonyl (C=O) groups is 1. The average Bonchev–Trinajstić information content (AvgIpc) is 3.46. The smallest absolute Gasteiger partial charge is 0.378 e. The molecule has 0 unspecified atom stereocenters. The van der Waals surface area contributed by atoms with E-state index in [9.17, 15) is 18.0 Å². The van der Waals surface area contributed by atoms with Gasteiger partial charge < -0.3 is 10.6 Å². The predicted octanol–water partition coefficient (Wildman–Crippen LogP) is 7.25. The summed E-state index contributed by atoms with van der Waals surface area (Å²) in [5.41, 5.74) is 2.74. The van der Waals surface area contributed by atoms with Gasteiger partial charge in [-0.2, -0.15) is 13.2 Å². The van der Waals surface area contributed by atoms with E-state index in [1.54, 1.807) is 6.07 Å². The van der Waals surface area contributed by atoms with Crippen LogP contribution >= 0.6 is 0 Å². The summed E-state index contributed by atoms with van der Waals surface area (Å²) in [7, 11) is 0. The minimum absolute atomic E-state index is 0.224. The number of fused-ring (bicyclic) bond motifs is 7. The molecule has 6 heteroatoms. The van der Waals surface area contributed by atoms with Crippen LogP contribution in [0.1, 0.15) is 58.3 Å². The molecule has 0 saturated heterocycles. The maximum Gasteiger partial charge on any atom is 0.418 e. The number of hydrogen-bond acceptors (Lipinski definition) is 2. The Balaban J connectivity index is 1.34. The van der Waals surface area contributed by atoms with Gasteiger partial charge in [-0.25, -0.2) is 0 Å². The van der Waals surface area contributed by atoms with Crippen molar-refractivity contribution in [1.29, 1.82) is 0 Å². The van der Waals surface area contributed by atoms with Crippen molar-refractivity contribution in [3.63, 3.8) is 0 Å². The van der Waals surface area contributed by atoms with Crippen molar-refractivity contribution in [2.75, 3.05) is 10.6 Å². The summed E-state index contributed by atoms with van der Waals surface area (Å²) in [6.07, 6.45) is -0.898. The topological polar surface area (TPSA) is 41.1 Å². The summed E-state index contributed by atoms with van der Waals surface area (Å²) in [6, 6.07) is 21.3. The molecule has 3 aromatic rings. The molecule has 3 nitrogen and oxygen atoms in total. The lowest BCUT2D eigenvalue weighted by Crippen LogP contribution is -2.35. The SMILES string of the molecule is O=C(Nc1ccccc1C(F)(F)F)c1ccc2c(c1)[C@@H]1[C@H]3CC[C@@H](C3)[C@H]1[C@H](c1ccccc1)N2. The molecular formula is C28H25F3N2O. The van der Waals surface area contributed by atoms with Crippen LogP contribution < -0.4 is 10.6 Å². The second-order valence-corrected chi connectivity index (χ2v) is 9.77. The third kappa shape index (κ3) is 3.47. The normalized spacial score (nSPS) is 27.0. The van der Waals surface area contributed by atoms with Gasteiger partial charge in [0.25, 0.3) is 5.91 Å². The van der Waals surface area contributed by atoms with Gasteiger partial charge in [-0.05, 0) is 84.4 Å². The number of nitrogens with one attached hydrogen (secondary N) is 2. The number of amides is 1. The van der Waals surface area contributed by atoms with E-state index in [0.29, 0.717) is 29.2 Å². The Morgan fingerprint density at radius 3 is 2.44 bits per heavy atom. The Bertz CT molecular complexity index is 1240. The second kappa shape index (κ2) is 7.90. The molecule has 2 N–H and O–H groups in total. The molecule has 0 radical (unpaired) electrons. The van der Waals surface area contributed by atoms with Gasteiger partial charge in [0.1, 0.15) is 0 Å². The average molecular weight is 463 g/mol. The van der Waals surface area contributed by atoms with Crippen molar-refractivity contribution >= 4 is 17.3 Å². The van der Waals surface area contributed by atoms with Crippen LogP contribution in [0.2, 0.25) is 0 Å². The van der Waals surface area contributed by atoms with Crippen LogP contribution in [0.3, 0.4) is 0 Å². The number of halogens is 3. The Morgan fingerprint density at radius 2 is 1.65 bits per heavy atom. The van der Waals surface area contributed by atoms with Gasteiger partial charge >= 0.3 is 6.18 Å². The zero-order chi connectivity index (χ0) is 23.4. The third-order valence-corrected chi connectivity index (χ3v) is 7.99. The molecule has 174 valence electrons. The van der Waals surface area contributed by atoms with Crippen LogP contribution in [0, 0.1) is 17.8 Å². The summed E-state index contributed by atoms with van der Waals surface area (Å²) in [4.78, 5) is 13.0. The molecule has 1 aliphatic heterocycles. The van der Waals surface area contributed by atoms with Crippen molar-refractivity contribution in [2.45, 2.75) is 37.4 Å². The first kappa shape index (κ1) is 21.3. The lowest BCUT2D eigenvalue weighted by atomic mass is 9.68. The first-order chi connectivity index (χ1) is 16.4. The van der Waals surface area contributed by atoms with Crippen LogP contribution in [-0.2, 0) is 6.18 Å². The molecular weight excluding hydrogens is 437 g/mol. The number of para-hydroxylation sites is 1. The van der Waals surface area contributed by atoms with Gasteiger partial charge in [-0.3, -0.25) is 4.79 Å². The molecule has 0 spiro atoms. The van der Waals surface area contributed by atoms with Gasteiger partial charge in [-0.15, -0.1) is 0 Å². The Labute approximate surface area is 196 Å². The molecule has 34 heavy (non-hydrogen) atoms. The maximum atomic E-state index is 13.4. The van der Waals surface area contributed by atoms with E-state index in [0.717, 1.165) is 17.3 Å². The summed E-state index contributed by atoms with van der Waals surface area (Å²) in [6.45, 7) is 0. The molecule has 2 saturated carbocycles. The molecule has 6 rings (SSSR count). The predicted molar refractivity (Wildman–Crippen MR) is 126 cm³/mol. The monoisotopic (exact) mass is 462 g/mol. The summed E-state index contributed by atoms with van der Waals surface area (Å²) in [5, 5.41) is 6.22. The third-order valence-electron chi connectivity index (χ3n) is 7.99. The quantitative estimate of drug-likeness (QED) is 0.430. The zero-order valence-electron chi connectivity index (χ0n) is 18.5. The Hall–Kier alpha value is -3.28. The van der Waals surface area contributed by atoms with E-state index in [1.807, 2.05) is 18.2 Å². The number of rotatable bonds is 3. The fourth-order valence-electron chi connectivity index (χ4n) is 6.65. The molecule has 2 bridgehead atoms. The molecule has 2 fully saturated rings. The van der Waals surface area contributed by atoms with Crippen LogP contribution in [-0.4, -0.2) is 5.91 Å². The highest BCUT2D eigenvalue weighted by molar-refractivity contribution is 6.05. The van der Waals surface area contributed by atoms with Crippen LogP contribution in [0.5, 0.6) is 0 Å². The highest BCUT2D eigenvalue weighted by Gasteiger charge is 2.53. The van der Waals surface area contributed by atoms with Crippen molar-refractivity contribution < 1.29 is 18.0 Å². The zero-order valence-corrected chi connectivity index (χ0v) is 18.5. The molecule has 2 aliphatic carbocycles. The van der Waals surface area contributed by atoms with Gasteiger partial charge in [0.15, 0.2) is 0 Å². The van der Waals surface area contributed by atoms with Crippen molar-refractivity contribution in [3.8, 4) is 0 Å². The van der Waals surface area contributed by atoms with Crippen LogP contribution in [0.25, 0.3) is 0 Å². The highest BCUT2D eigenvalue weighted by Crippen LogP contribution is 2.63.